The summed E-state index contributed by atoms with van der Waals surface area (Å²) in [6.45, 7) is 3.87. The number of carbonyl (C=O) groups excluding carboxylic acids is 1. The van der Waals surface area contributed by atoms with Gasteiger partial charge in [-0.05, 0) is 19.8 Å². The van der Waals surface area contributed by atoms with E-state index in [4.69, 9.17) is 12.2 Å². The van der Waals surface area contributed by atoms with Crippen molar-refractivity contribution >= 4 is 34.3 Å². The van der Waals surface area contributed by atoms with Gasteiger partial charge in [0.15, 0.2) is 0 Å². The first-order chi connectivity index (χ1) is 6.65. The highest BCUT2D eigenvalue weighted by Crippen LogP contribution is 2.20. The van der Waals surface area contributed by atoms with E-state index in [9.17, 15) is 4.79 Å². The highest BCUT2D eigenvalue weighted by molar-refractivity contribution is 8.23. The molecule has 14 heavy (non-hydrogen) atoms. The molecule has 1 unspecified atom stereocenters. The van der Waals surface area contributed by atoms with Crippen LogP contribution >= 0.6 is 24.0 Å². The molecular formula is C9H15NO2S2. The van der Waals surface area contributed by atoms with Gasteiger partial charge < -0.3 is 9.64 Å². The van der Waals surface area contributed by atoms with Crippen molar-refractivity contribution in [3.05, 3.63) is 0 Å². The van der Waals surface area contributed by atoms with Gasteiger partial charge in [0.05, 0.1) is 7.11 Å². The molecule has 0 bridgehead atoms. The molecule has 1 saturated heterocycles. The van der Waals surface area contributed by atoms with E-state index in [1.807, 2.05) is 6.92 Å². The molecular weight excluding hydrogens is 218 g/mol. The van der Waals surface area contributed by atoms with Crippen LogP contribution in [0.25, 0.3) is 0 Å². The number of ether oxygens (including phenoxy) is 1. The van der Waals surface area contributed by atoms with E-state index < -0.39 is 0 Å². The van der Waals surface area contributed by atoms with E-state index in [-0.39, 0.29) is 11.2 Å². The molecule has 80 valence electrons. The molecule has 0 saturated carbocycles. The van der Waals surface area contributed by atoms with Gasteiger partial charge >= 0.3 is 5.97 Å². The first-order valence-corrected chi connectivity index (χ1v) is 5.97. The van der Waals surface area contributed by atoms with Crippen molar-refractivity contribution < 1.29 is 9.53 Å². The zero-order valence-corrected chi connectivity index (χ0v) is 10.1. The minimum atomic E-state index is -0.212. The summed E-state index contributed by atoms with van der Waals surface area (Å²) in [5.41, 5.74) is 0. The van der Waals surface area contributed by atoms with Crippen LogP contribution in [-0.4, -0.2) is 40.6 Å². The fourth-order valence-corrected chi connectivity index (χ4v) is 2.78. The summed E-state index contributed by atoms with van der Waals surface area (Å²) in [5, 5.41) is -0.201. The third-order valence-electron chi connectivity index (χ3n) is 2.17. The van der Waals surface area contributed by atoms with Gasteiger partial charge in [-0.25, -0.2) is 0 Å². The monoisotopic (exact) mass is 233 g/mol. The van der Waals surface area contributed by atoms with Gasteiger partial charge in [-0.15, -0.1) is 0 Å². The summed E-state index contributed by atoms with van der Waals surface area (Å²) >= 11 is 6.65. The number of hydrogen-bond acceptors (Lipinski definition) is 4. The van der Waals surface area contributed by atoms with Crippen molar-refractivity contribution in [2.24, 2.45) is 0 Å². The van der Waals surface area contributed by atoms with E-state index >= 15 is 0 Å². The van der Waals surface area contributed by atoms with Crippen LogP contribution in [0.15, 0.2) is 0 Å². The second-order valence-corrected chi connectivity index (χ2v) is 5.22. The van der Waals surface area contributed by atoms with Crippen LogP contribution in [0.3, 0.4) is 0 Å². The average molecular weight is 233 g/mol. The number of thiocarbonyl (C=S) groups is 1. The molecule has 0 aliphatic carbocycles. The largest absolute Gasteiger partial charge is 0.468 e. The molecule has 1 rings (SSSR count). The fraction of sp³-hybridized carbons (Fsp3) is 0.778. The fourth-order valence-electron chi connectivity index (χ4n) is 1.34. The summed E-state index contributed by atoms with van der Waals surface area (Å²) < 4.78 is 5.46. The SMILES string of the molecule is COC(=O)C(C)SC(=S)N1CCCC1. The van der Waals surface area contributed by atoms with Crippen molar-refractivity contribution in [2.75, 3.05) is 20.2 Å². The molecule has 1 aliphatic heterocycles. The summed E-state index contributed by atoms with van der Waals surface area (Å²) in [4.78, 5) is 13.3. The molecule has 0 aromatic rings. The number of thioether (sulfide) groups is 1. The maximum atomic E-state index is 11.1. The zero-order valence-electron chi connectivity index (χ0n) is 8.49. The van der Waals surface area contributed by atoms with Crippen molar-refractivity contribution in [1.29, 1.82) is 0 Å². The Morgan fingerprint density at radius 1 is 1.50 bits per heavy atom. The predicted octanol–water partition coefficient (Wildman–Crippen LogP) is 1.66. The molecule has 5 heteroatoms. The third kappa shape index (κ3) is 3.13. The molecule has 0 spiro atoms. The first-order valence-electron chi connectivity index (χ1n) is 4.68. The van der Waals surface area contributed by atoms with E-state index in [1.165, 1.54) is 31.7 Å². The summed E-state index contributed by atoms with van der Waals surface area (Å²) in [6.07, 6.45) is 2.40. The van der Waals surface area contributed by atoms with Crippen LogP contribution in [0.2, 0.25) is 0 Å². The Kier molecular flexibility index (Phi) is 4.68. The van der Waals surface area contributed by atoms with Gasteiger partial charge in [0.1, 0.15) is 9.57 Å². The van der Waals surface area contributed by atoms with Gasteiger partial charge in [-0.1, -0.05) is 24.0 Å². The Labute approximate surface area is 94.2 Å². The van der Waals surface area contributed by atoms with Gasteiger partial charge in [0.25, 0.3) is 0 Å². The quantitative estimate of drug-likeness (QED) is 0.534. The smallest absolute Gasteiger partial charge is 0.318 e. The van der Waals surface area contributed by atoms with Crippen LogP contribution in [-0.2, 0) is 9.53 Å². The molecule has 0 amide bonds. The lowest BCUT2D eigenvalue weighted by Gasteiger charge is -2.19. The number of likely N-dealkylation sites (tertiary alicyclic amines) is 1. The number of rotatable bonds is 2. The highest BCUT2D eigenvalue weighted by Gasteiger charge is 2.21. The number of carbonyl (C=O) groups is 1. The standard InChI is InChI=1S/C9H15NO2S2/c1-7(8(11)12-2)14-9(13)10-5-3-4-6-10/h7H,3-6H2,1-2H3. The Morgan fingerprint density at radius 3 is 2.57 bits per heavy atom. The molecule has 1 fully saturated rings. The number of methoxy groups -OCH3 is 1. The van der Waals surface area contributed by atoms with E-state index in [0.717, 1.165) is 17.4 Å². The number of esters is 1. The maximum absolute atomic E-state index is 11.1. The molecule has 0 aromatic heterocycles. The maximum Gasteiger partial charge on any atom is 0.318 e. The first kappa shape index (κ1) is 11.8. The number of nitrogens with zero attached hydrogens (tertiary/aromatic N) is 1. The van der Waals surface area contributed by atoms with Gasteiger partial charge in [0.2, 0.25) is 0 Å². The molecule has 1 atom stereocenters. The van der Waals surface area contributed by atoms with Crippen LogP contribution in [0.1, 0.15) is 19.8 Å². The lowest BCUT2D eigenvalue weighted by atomic mass is 10.4. The lowest BCUT2D eigenvalue weighted by molar-refractivity contribution is -0.139. The molecule has 1 aliphatic rings. The van der Waals surface area contributed by atoms with E-state index in [0.29, 0.717) is 0 Å². The van der Waals surface area contributed by atoms with Gasteiger partial charge in [-0.3, -0.25) is 4.79 Å². The summed E-state index contributed by atoms with van der Waals surface area (Å²) in [6, 6.07) is 0. The zero-order chi connectivity index (χ0) is 10.6. The Bertz CT molecular complexity index is 227. The Hall–Kier alpha value is -0.290. The third-order valence-corrected chi connectivity index (χ3v) is 3.73. The number of hydrogen-bond donors (Lipinski definition) is 0. The minimum Gasteiger partial charge on any atom is -0.468 e. The molecule has 1 heterocycles. The Balaban J connectivity index is 2.35. The van der Waals surface area contributed by atoms with Crippen molar-refractivity contribution in [2.45, 2.75) is 25.0 Å². The van der Waals surface area contributed by atoms with E-state index in [1.54, 1.807) is 0 Å². The summed E-state index contributed by atoms with van der Waals surface area (Å²) in [7, 11) is 1.40. The van der Waals surface area contributed by atoms with Gasteiger partial charge in [-0.2, -0.15) is 0 Å². The average Bonchev–Trinajstić information content (AvgIpc) is 2.69. The minimum absolute atomic E-state index is 0.201. The second kappa shape index (κ2) is 5.56. The highest BCUT2D eigenvalue weighted by atomic mass is 32.2. The molecule has 0 radical (unpaired) electrons. The van der Waals surface area contributed by atoms with Crippen molar-refractivity contribution in [3.63, 3.8) is 0 Å². The van der Waals surface area contributed by atoms with Crippen LogP contribution in [0, 0.1) is 0 Å². The van der Waals surface area contributed by atoms with Crippen LogP contribution in [0.5, 0.6) is 0 Å². The van der Waals surface area contributed by atoms with Crippen molar-refractivity contribution in [1.82, 2.24) is 4.90 Å². The van der Waals surface area contributed by atoms with Crippen LogP contribution < -0.4 is 0 Å². The van der Waals surface area contributed by atoms with Crippen molar-refractivity contribution in [3.8, 4) is 0 Å². The lowest BCUT2D eigenvalue weighted by Crippen LogP contribution is -2.27. The second-order valence-electron chi connectivity index (χ2n) is 3.24. The van der Waals surface area contributed by atoms with Crippen LogP contribution in [0.4, 0.5) is 0 Å². The topological polar surface area (TPSA) is 29.5 Å². The normalized spacial score (nSPS) is 18.0. The summed E-state index contributed by atoms with van der Waals surface area (Å²) in [5.74, 6) is -0.212. The molecule has 0 aromatic carbocycles. The van der Waals surface area contributed by atoms with Gasteiger partial charge in [0, 0.05) is 13.1 Å². The molecule has 0 N–H and O–H groups in total. The Morgan fingerprint density at radius 2 is 2.07 bits per heavy atom. The predicted molar refractivity (Wildman–Crippen MR) is 62.5 cm³/mol. The van der Waals surface area contributed by atoms with E-state index in [2.05, 4.69) is 9.64 Å². The molecule has 3 nitrogen and oxygen atoms in total.